The second-order valence-electron chi connectivity index (χ2n) is 4.89. The minimum atomic E-state index is 0.534. The lowest BCUT2D eigenvalue weighted by atomic mass is 9.93. The molecule has 0 N–H and O–H groups in total. The highest BCUT2D eigenvalue weighted by molar-refractivity contribution is 5.73. The van der Waals surface area contributed by atoms with Gasteiger partial charge < -0.3 is 0 Å². The molecule has 0 radical (unpaired) electrons. The summed E-state index contributed by atoms with van der Waals surface area (Å²) in [6.45, 7) is 6.42. The molecule has 18 heavy (non-hydrogen) atoms. The molecule has 0 unspecified atom stereocenters. The van der Waals surface area contributed by atoms with Crippen LogP contribution in [-0.2, 0) is 0 Å². The van der Waals surface area contributed by atoms with Gasteiger partial charge in [0.25, 0.3) is 0 Å². The zero-order valence-electron chi connectivity index (χ0n) is 11.1. The van der Waals surface area contributed by atoms with Crippen molar-refractivity contribution in [2.45, 2.75) is 26.7 Å². The molecule has 90 valence electrons. The van der Waals surface area contributed by atoms with Crippen LogP contribution in [0.5, 0.6) is 0 Å². The summed E-state index contributed by atoms with van der Waals surface area (Å²) in [6, 6.07) is 16.6. The lowest BCUT2D eigenvalue weighted by Gasteiger charge is -2.10. The molecular formula is C17H17N. The third-order valence-electron chi connectivity index (χ3n) is 3.26. The molecule has 0 atom stereocenters. The third-order valence-corrected chi connectivity index (χ3v) is 3.26. The zero-order chi connectivity index (χ0) is 13.1. The Morgan fingerprint density at radius 2 is 1.67 bits per heavy atom. The van der Waals surface area contributed by atoms with Crippen molar-refractivity contribution in [3.05, 3.63) is 59.2 Å². The van der Waals surface area contributed by atoms with Crippen molar-refractivity contribution in [3.63, 3.8) is 0 Å². The fourth-order valence-corrected chi connectivity index (χ4v) is 2.18. The number of benzene rings is 2. The molecule has 1 heteroatoms. The van der Waals surface area contributed by atoms with E-state index in [4.69, 9.17) is 0 Å². The quantitative estimate of drug-likeness (QED) is 0.742. The van der Waals surface area contributed by atoms with Gasteiger partial charge in [0.05, 0.1) is 11.6 Å². The molecule has 0 bridgehead atoms. The Labute approximate surface area is 109 Å². The van der Waals surface area contributed by atoms with Gasteiger partial charge in [0.1, 0.15) is 0 Å². The van der Waals surface area contributed by atoms with Crippen LogP contribution in [0.15, 0.2) is 42.5 Å². The van der Waals surface area contributed by atoms with E-state index in [0.717, 1.165) is 22.3 Å². The van der Waals surface area contributed by atoms with Gasteiger partial charge in [0.15, 0.2) is 0 Å². The molecule has 2 rings (SSSR count). The van der Waals surface area contributed by atoms with Crippen LogP contribution in [0.25, 0.3) is 11.1 Å². The maximum absolute atomic E-state index is 9.20. The lowest BCUT2D eigenvalue weighted by molar-refractivity contribution is 0.867. The van der Waals surface area contributed by atoms with Gasteiger partial charge in [0.2, 0.25) is 0 Å². The van der Waals surface area contributed by atoms with Crippen molar-refractivity contribution in [2.24, 2.45) is 0 Å². The smallest absolute Gasteiger partial charge is 0.0998 e. The molecule has 2 aromatic carbocycles. The van der Waals surface area contributed by atoms with E-state index in [1.54, 1.807) is 0 Å². The molecule has 0 heterocycles. The Morgan fingerprint density at radius 1 is 1.00 bits per heavy atom. The predicted octanol–water partition coefficient (Wildman–Crippen LogP) is 4.66. The van der Waals surface area contributed by atoms with E-state index in [-0.39, 0.29) is 0 Å². The average molecular weight is 235 g/mol. The first-order chi connectivity index (χ1) is 8.63. The monoisotopic (exact) mass is 235 g/mol. The highest BCUT2D eigenvalue weighted by Crippen LogP contribution is 2.28. The summed E-state index contributed by atoms with van der Waals surface area (Å²) in [4.78, 5) is 0. The molecule has 0 aliphatic heterocycles. The summed E-state index contributed by atoms with van der Waals surface area (Å²) in [6.07, 6.45) is 0. The number of hydrogen-bond acceptors (Lipinski definition) is 1. The van der Waals surface area contributed by atoms with Crippen LogP contribution < -0.4 is 0 Å². The van der Waals surface area contributed by atoms with Crippen LogP contribution in [-0.4, -0.2) is 0 Å². The highest BCUT2D eigenvalue weighted by atomic mass is 14.2. The fraction of sp³-hybridized carbons (Fsp3) is 0.235. The molecule has 0 aromatic heterocycles. The van der Waals surface area contributed by atoms with Crippen LogP contribution in [0.4, 0.5) is 0 Å². The van der Waals surface area contributed by atoms with Crippen molar-refractivity contribution in [1.29, 1.82) is 5.26 Å². The summed E-state index contributed by atoms with van der Waals surface area (Å²) in [7, 11) is 0. The summed E-state index contributed by atoms with van der Waals surface area (Å²) < 4.78 is 0. The van der Waals surface area contributed by atoms with Crippen molar-refractivity contribution in [2.75, 3.05) is 0 Å². The van der Waals surface area contributed by atoms with Crippen molar-refractivity contribution in [3.8, 4) is 17.2 Å². The van der Waals surface area contributed by atoms with Crippen molar-refractivity contribution < 1.29 is 0 Å². The standard InChI is InChI=1S/C17H17N/c1-12(2)14-7-9-15(10-8-14)17-13(3)5-4-6-16(17)11-18/h4-10,12H,1-3H3. The van der Waals surface area contributed by atoms with E-state index >= 15 is 0 Å². The number of hydrogen-bond donors (Lipinski definition) is 0. The highest BCUT2D eigenvalue weighted by Gasteiger charge is 2.08. The van der Waals surface area contributed by atoms with E-state index in [9.17, 15) is 5.26 Å². The Bertz CT molecular complexity index is 586. The predicted molar refractivity (Wildman–Crippen MR) is 75.4 cm³/mol. The van der Waals surface area contributed by atoms with Crippen LogP contribution in [0.1, 0.15) is 36.5 Å². The Hall–Kier alpha value is -2.07. The average Bonchev–Trinajstić information content (AvgIpc) is 2.38. The minimum Gasteiger partial charge on any atom is -0.192 e. The molecule has 0 saturated carbocycles. The molecule has 0 saturated heterocycles. The van der Waals surface area contributed by atoms with Gasteiger partial charge >= 0.3 is 0 Å². The van der Waals surface area contributed by atoms with Gasteiger partial charge in [-0.15, -0.1) is 0 Å². The molecule has 0 spiro atoms. The SMILES string of the molecule is Cc1cccc(C#N)c1-c1ccc(C(C)C)cc1. The Kier molecular flexibility index (Phi) is 3.48. The van der Waals surface area contributed by atoms with E-state index in [2.05, 4.69) is 44.2 Å². The first-order valence-corrected chi connectivity index (χ1v) is 6.23. The molecule has 0 fully saturated rings. The molecule has 0 aliphatic rings. The first-order valence-electron chi connectivity index (χ1n) is 6.23. The van der Waals surface area contributed by atoms with Gasteiger partial charge in [-0.2, -0.15) is 5.26 Å². The van der Waals surface area contributed by atoms with E-state index in [1.807, 2.05) is 25.1 Å². The van der Waals surface area contributed by atoms with E-state index < -0.39 is 0 Å². The van der Waals surface area contributed by atoms with Crippen molar-refractivity contribution >= 4 is 0 Å². The topological polar surface area (TPSA) is 23.8 Å². The molecular weight excluding hydrogens is 218 g/mol. The fourth-order valence-electron chi connectivity index (χ4n) is 2.18. The summed E-state index contributed by atoms with van der Waals surface area (Å²) in [5, 5.41) is 9.20. The second-order valence-corrected chi connectivity index (χ2v) is 4.89. The van der Waals surface area contributed by atoms with Gasteiger partial charge in [0, 0.05) is 5.56 Å². The zero-order valence-corrected chi connectivity index (χ0v) is 11.1. The number of aryl methyl sites for hydroxylation is 1. The Balaban J connectivity index is 2.53. The first kappa shape index (κ1) is 12.4. The summed E-state index contributed by atoms with van der Waals surface area (Å²) >= 11 is 0. The molecule has 2 aromatic rings. The van der Waals surface area contributed by atoms with Gasteiger partial charge in [-0.25, -0.2) is 0 Å². The largest absolute Gasteiger partial charge is 0.192 e. The van der Waals surface area contributed by atoms with Crippen LogP contribution in [0, 0.1) is 18.3 Å². The van der Waals surface area contributed by atoms with Gasteiger partial charge in [-0.3, -0.25) is 0 Å². The van der Waals surface area contributed by atoms with E-state index in [1.165, 1.54) is 5.56 Å². The Morgan fingerprint density at radius 3 is 2.22 bits per heavy atom. The minimum absolute atomic E-state index is 0.534. The number of nitriles is 1. The lowest BCUT2D eigenvalue weighted by Crippen LogP contribution is -1.90. The van der Waals surface area contributed by atoms with Gasteiger partial charge in [-0.05, 0) is 35.6 Å². The van der Waals surface area contributed by atoms with Crippen LogP contribution in [0.3, 0.4) is 0 Å². The number of nitrogens with zero attached hydrogens (tertiary/aromatic N) is 1. The number of rotatable bonds is 2. The normalized spacial score (nSPS) is 10.4. The van der Waals surface area contributed by atoms with Crippen LogP contribution >= 0.6 is 0 Å². The van der Waals surface area contributed by atoms with E-state index in [0.29, 0.717) is 5.92 Å². The molecule has 1 nitrogen and oxygen atoms in total. The van der Waals surface area contributed by atoms with Gasteiger partial charge in [-0.1, -0.05) is 50.2 Å². The van der Waals surface area contributed by atoms with Crippen molar-refractivity contribution in [1.82, 2.24) is 0 Å². The molecule has 0 amide bonds. The summed E-state index contributed by atoms with van der Waals surface area (Å²) in [5.41, 5.74) is 5.38. The molecule has 0 aliphatic carbocycles. The second kappa shape index (κ2) is 5.06. The maximum atomic E-state index is 9.20. The third kappa shape index (κ3) is 2.28. The van der Waals surface area contributed by atoms with Crippen LogP contribution in [0.2, 0.25) is 0 Å². The maximum Gasteiger partial charge on any atom is 0.0998 e. The summed E-state index contributed by atoms with van der Waals surface area (Å²) in [5.74, 6) is 0.534.